The smallest absolute Gasteiger partial charge is 0.253 e. The summed E-state index contributed by atoms with van der Waals surface area (Å²) in [5.41, 5.74) is 0.384. The second-order valence-electron chi connectivity index (χ2n) is 9.68. The van der Waals surface area contributed by atoms with Crippen molar-refractivity contribution in [3.63, 3.8) is 0 Å². The van der Waals surface area contributed by atoms with Gasteiger partial charge in [-0.05, 0) is 62.4 Å². The fraction of sp³-hybridized carbons (Fsp3) is 0.560. The highest BCUT2D eigenvalue weighted by atomic mass is 32.2. The van der Waals surface area contributed by atoms with E-state index < -0.39 is 28.0 Å². The van der Waals surface area contributed by atoms with Gasteiger partial charge in [0.25, 0.3) is 5.91 Å². The summed E-state index contributed by atoms with van der Waals surface area (Å²) in [6, 6.07) is 4.71. The molecule has 1 aromatic carbocycles. The Morgan fingerprint density at radius 3 is 2.25 bits per heavy atom. The summed E-state index contributed by atoms with van der Waals surface area (Å²) in [5.74, 6) is -0.431. The van der Waals surface area contributed by atoms with E-state index in [0.717, 1.165) is 32.0 Å². The molecule has 0 radical (unpaired) electrons. The minimum absolute atomic E-state index is 0.0168. The van der Waals surface area contributed by atoms with Gasteiger partial charge in [0, 0.05) is 50.2 Å². The van der Waals surface area contributed by atoms with Gasteiger partial charge in [-0.2, -0.15) is 4.31 Å². The number of carbonyl (C=O) groups excluding carboxylic acids is 3. The fourth-order valence-electron chi connectivity index (χ4n) is 5.32. The molecule has 3 fully saturated rings. The summed E-state index contributed by atoms with van der Waals surface area (Å²) in [6.45, 7) is 5.71. The van der Waals surface area contributed by atoms with E-state index in [1.54, 1.807) is 4.90 Å². The Labute approximate surface area is 212 Å². The van der Waals surface area contributed by atoms with Crippen LogP contribution in [0.2, 0.25) is 0 Å². The zero-order valence-corrected chi connectivity index (χ0v) is 21.2. The lowest BCUT2D eigenvalue weighted by atomic mass is 9.95. The van der Waals surface area contributed by atoms with E-state index in [0.29, 0.717) is 37.9 Å². The van der Waals surface area contributed by atoms with Crippen molar-refractivity contribution < 1.29 is 27.9 Å². The molecule has 3 heterocycles. The topological polar surface area (TPSA) is 127 Å². The van der Waals surface area contributed by atoms with Crippen LogP contribution in [-0.4, -0.2) is 96.8 Å². The molecule has 3 aliphatic heterocycles. The first-order valence-electron chi connectivity index (χ1n) is 12.5. The van der Waals surface area contributed by atoms with Crippen LogP contribution in [0.4, 0.5) is 0 Å². The van der Waals surface area contributed by atoms with Crippen LogP contribution in [0.25, 0.3) is 0 Å². The summed E-state index contributed by atoms with van der Waals surface area (Å²) < 4.78 is 27.7. The molecule has 3 saturated heterocycles. The lowest BCUT2D eigenvalue weighted by molar-refractivity contribution is -0.135. The number of hydrogen-bond donors (Lipinski definition) is 2. The van der Waals surface area contributed by atoms with E-state index in [4.69, 9.17) is 0 Å². The molecule has 0 bridgehead atoms. The van der Waals surface area contributed by atoms with Crippen LogP contribution in [0, 0.1) is 5.92 Å². The molecule has 10 nitrogen and oxygen atoms in total. The molecule has 196 valence electrons. The molecule has 2 atom stereocenters. The standard InChI is InChI=1S/C25H34N4O6S/c1-2-23(31)26-20-15-21(17-30)29(16-20)36(34,35)22-7-5-18(6-8-22)24(32)28-13-9-19(10-14-28)25(33)27-11-3-4-12-27/h2,5-8,19-21,30H,1,3-4,9-17H2,(H,26,31). The van der Waals surface area contributed by atoms with E-state index in [1.165, 1.54) is 28.6 Å². The average molecular weight is 519 g/mol. The van der Waals surface area contributed by atoms with E-state index >= 15 is 0 Å². The van der Waals surface area contributed by atoms with Crippen LogP contribution in [0.3, 0.4) is 0 Å². The van der Waals surface area contributed by atoms with Crippen molar-refractivity contribution in [3.8, 4) is 0 Å². The Balaban J connectivity index is 1.38. The van der Waals surface area contributed by atoms with Crippen LogP contribution in [0.15, 0.2) is 41.8 Å². The van der Waals surface area contributed by atoms with Gasteiger partial charge in [-0.3, -0.25) is 14.4 Å². The normalized spacial score (nSPS) is 23.6. The maximum Gasteiger partial charge on any atom is 0.253 e. The summed E-state index contributed by atoms with van der Waals surface area (Å²) in [4.78, 5) is 40.9. The van der Waals surface area contributed by atoms with Crippen LogP contribution >= 0.6 is 0 Å². The monoisotopic (exact) mass is 518 g/mol. The Morgan fingerprint density at radius 1 is 1.03 bits per heavy atom. The summed E-state index contributed by atoms with van der Waals surface area (Å²) in [6.07, 6.45) is 4.79. The zero-order chi connectivity index (χ0) is 25.9. The molecule has 2 N–H and O–H groups in total. The van der Waals surface area contributed by atoms with E-state index in [-0.39, 0.29) is 35.8 Å². The number of rotatable bonds is 7. The highest BCUT2D eigenvalue weighted by molar-refractivity contribution is 7.89. The SMILES string of the molecule is C=CC(=O)NC1CC(CO)N(S(=O)(=O)c2ccc(C(=O)N3CCC(C(=O)N4CCCC4)CC3)cc2)C1. The third-order valence-corrected chi connectivity index (χ3v) is 9.30. The average Bonchev–Trinajstić information content (AvgIpc) is 3.58. The van der Waals surface area contributed by atoms with Crippen molar-refractivity contribution in [1.29, 1.82) is 0 Å². The molecule has 0 aromatic heterocycles. The van der Waals surface area contributed by atoms with E-state index in [2.05, 4.69) is 11.9 Å². The summed E-state index contributed by atoms with van der Waals surface area (Å²) in [5, 5.41) is 12.4. The number of likely N-dealkylation sites (tertiary alicyclic amines) is 2. The van der Waals surface area contributed by atoms with Gasteiger partial charge in [0.05, 0.1) is 17.5 Å². The van der Waals surface area contributed by atoms with Crippen LogP contribution < -0.4 is 5.32 Å². The molecular formula is C25H34N4O6S. The van der Waals surface area contributed by atoms with E-state index in [9.17, 15) is 27.9 Å². The van der Waals surface area contributed by atoms with Gasteiger partial charge in [0.1, 0.15) is 0 Å². The highest BCUT2D eigenvalue weighted by Crippen LogP contribution is 2.27. The van der Waals surface area contributed by atoms with Crippen molar-refractivity contribution in [2.24, 2.45) is 5.92 Å². The molecule has 0 aliphatic carbocycles. The fourth-order valence-corrected chi connectivity index (χ4v) is 7.00. The maximum absolute atomic E-state index is 13.2. The predicted octanol–water partition coefficient (Wildman–Crippen LogP) is 0.587. The first-order chi connectivity index (χ1) is 17.2. The van der Waals surface area contributed by atoms with Gasteiger partial charge in [0.15, 0.2) is 0 Å². The minimum Gasteiger partial charge on any atom is -0.395 e. The van der Waals surface area contributed by atoms with Gasteiger partial charge in [-0.15, -0.1) is 0 Å². The number of nitrogens with zero attached hydrogens (tertiary/aromatic N) is 3. The number of nitrogens with one attached hydrogen (secondary N) is 1. The molecule has 1 aromatic rings. The number of aliphatic hydroxyl groups excluding tert-OH is 1. The first kappa shape index (κ1) is 26.3. The van der Waals surface area contributed by atoms with Crippen molar-refractivity contribution in [1.82, 2.24) is 19.4 Å². The van der Waals surface area contributed by atoms with Gasteiger partial charge < -0.3 is 20.2 Å². The molecule has 2 unspecified atom stereocenters. The molecule has 3 aliphatic rings. The number of hydrogen-bond acceptors (Lipinski definition) is 6. The third-order valence-electron chi connectivity index (χ3n) is 7.36. The van der Waals surface area contributed by atoms with Crippen LogP contribution in [0.5, 0.6) is 0 Å². The van der Waals surface area contributed by atoms with Gasteiger partial charge in [0.2, 0.25) is 21.8 Å². The Kier molecular flexibility index (Phi) is 8.11. The minimum atomic E-state index is -3.94. The molecule has 36 heavy (non-hydrogen) atoms. The second-order valence-corrected chi connectivity index (χ2v) is 11.6. The summed E-state index contributed by atoms with van der Waals surface area (Å²) >= 11 is 0. The zero-order valence-electron chi connectivity index (χ0n) is 20.3. The third kappa shape index (κ3) is 5.47. The quantitative estimate of drug-likeness (QED) is 0.509. The highest BCUT2D eigenvalue weighted by Gasteiger charge is 2.40. The lowest BCUT2D eigenvalue weighted by Gasteiger charge is -2.33. The number of carbonyl (C=O) groups is 3. The number of benzene rings is 1. The van der Waals surface area contributed by atoms with Gasteiger partial charge in [-0.25, -0.2) is 8.42 Å². The van der Waals surface area contributed by atoms with Crippen molar-refractivity contribution in [2.75, 3.05) is 39.3 Å². The number of sulfonamides is 1. The number of amides is 3. The van der Waals surface area contributed by atoms with Crippen molar-refractivity contribution in [3.05, 3.63) is 42.5 Å². The first-order valence-corrected chi connectivity index (χ1v) is 13.9. The van der Waals surface area contributed by atoms with Gasteiger partial charge >= 0.3 is 0 Å². The Bertz CT molecular complexity index is 1090. The Morgan fingerprint density at radius 2 is 1.67 bits per heavy atom. The summed E-state index contributed by atoms with van der Waals surface area (Å²) in [7, 11) is -3.94. The van der Waals surface area contributed by atoms with Crippen molar-refractivity contribution in [2.45, 2.75) is 49.1 Å². The molecule has 3 amide bonds. The lowest BCUT2D eigenvalue weighted by Crippen LogP contribution is -2.43. The molecule has 11 heteroatoms. The van der Waals surface area contributed by atoms with Gasteiger partial charge in [-0.1, -0.05) is 6.58 Å². The number of aliphatic hydroxyl groups is 1. The van der Waals surface area contributed by atoms with Crippen molar-refractivity contribution >= 4 is 27.7 Å². The van der Waals surface area contributed by atoms with E-state index in [1.807, 2.05) is 4.90 Å². The molecule has 0 saturated carbocycles. The van der Waals surface area contributed by atoms with Crippen LogP contribution in [0.1, 0.15) is 42.5 Å². The second kappa shape index (κ2) is 11.1. The Hall–Kier alpha value is -2.76. The molecule has 0 spiro atoms. The molecule has 4 rings (SSSR count). The predicted molar refractivity (Wildman–Crippen MR) is 132 cm³/mol. The largest absolute Gasteiger partial charge is 0.395 e. The maximum atomic E-state index is 13.2. The van der Waals surface area contributed by atoms with Crippen LogP contribution in [-0.2, 0) is 19.6 Å². The number of piperidine rings is 1. The molecular weight excluding hydrogens is 484 g/mol.